The topological polar surface area (TPSA) is 105 Å². The van der Waals surface area contributed by atoms with Crippen molar-refractivity contribution in [3.05, 3.63) is 0 Å². The van der Waals surface area contributed by atoms with Gasteiger partial charge < -0.3 is 21.3 Å². The van der Waals surface area contributed by atoms with Gasteiger partial charge in [0, 0.05) is 26.7 Å². The van der Waals surface area contributed by atoms with Crippen molar-refractivity contribution < 1.29 is 9.59 Å². The molecule has 2 amide bonds. The zero-order valence-electron chi connectivity index (χ0n) is 10.0. The van der Waals surface area contributed by atoms with Crippen LogP contribution in [0, 0.1) is 5.92 Å². The third kappa shape index (κ3) is 4.29. The lowest BCUT2D eigenvalue weighted by atomic mass is 10.1. The average Bonchev–Trinajstić information content (AvgIpc) is 2.73. The van der Waals surface area contributed by atoms with Gasteiger partial charge in [0.1, 0.15) is 6.54 Å². The minimum Gasteiger partial charge on any atom is -0.370 e. The van der Waals surface area contributed by atoms with Crippen molar-refractivity contribution in [3.8, 4) is 0 Å². The van der Waals surface area contributed by atoms with Crippen molar-refractivity contribution in [3.63, 3.8) is 0 Å². The number of carbonyl (C=O) groups is 2. The van der Waals surface area contributed by atoms with Crippen LogP contribution in [-0.4, -0.2) is 61.3 Å². The maximum atomic E-state index is 11.6. The highest BCUT2D eigenvalue weighted by molar-refractivity contribution is 5.83. The van der Waals surface area contributed by atoms with Gasteiger partial charge >= 0.3 is 0 Å². The maximum absolute atomic E-state index is 11.6. The molecule has 17 heavy (non-hydrogen) atoms. The molecule has 1 aliphatic rings. The van der Waals surface area contributed by atoms with Gasteiger partial charge in [0.05, 0.1) is 0 Å². The van der Waals surface area contributed by atoms with Crippen LogP contribution in [0.2, 0.25) is 0 Å². The zero-order valence-corrected chi connectivity index (χ0v) is 10.0. The number of carbonyl (C=O) groups excluding carboxylic acids is 2. The maximum Gasteiger partial charge on any atom is 0.244 e. The first kappa shape index (κ1) is 13.3. The molecule has 0 saturated carbocycles. The largest absolute Gasteiger partial charge is 0.370 e. The molecule has 4 N–H and O–H groups in total. The summed E-state index contributed by atoms with van der Waals surface area (Å²) in [6.45, 7) is 2.08. The highest BCUT2D eigenvalue weighted by Crippen LogP contribution is 2.15. The number of aliphatic imine (C=N–C) groups is 1. The van der Waals surface area contributed by atoms with E-state index in [0.29, 0.717) is 19.0 Å². The lowest BCUT2D eigenvalue weighted by Crippen LogP contribution is -2.35. The average molecular weight is 241 g/mol. The van der Waals surface area contributed by atoms with Crippen LogP contribution in [0.4, 0.5) is 0 Å². The molecule has 0 aromatic rings. The number of hydrogen-bond acceptors (Lipinski definition) is 3. The Hall–Kier alpha value is -1.79. The molecule has 1 heterocycles. The SMILES string of the molecule is CN(CC1CCN(C=O)C1)C(=O)CN=C(N)N. The third-order valence-electron chi connectivity index (χ3n) is 2.82. The molecular weight excluding hydrogens is 222 g/mol. The Bertz CT molecular complexity index is 314. The first-order chi connectivity index (χ1) is 8.02. The van der Waals surface area contributed by atoms with Crippen molar-refractivity contribution in [2.45, 2.75) is 6.42 Å². The highest BCUT2D eigenvalue weighted by Gasteiger charge is 2.23. The first-order valence-corrected chi connectivity index (χ1v) is 5.51. The second kappa shape index (κ2) is 6.07. The molecule has 1 saturated heterocycles. The summed E-state index contributed by atoms with van der Waals surface area (Å²) in [5.41, 5.74) is 10.3. The number of hydrogen-bond donors (Lipinski definition) is 2. The van der Waals surface area contributed by atoms with Crippen LogP contribution in [0.25, 0.3) is 0 Å². The summed E-state index contributed by atoms with van der Waals surface area (Å²) in [6, 6.07) is 0. The highest BCUT2D eigenvalue weighted by atomic mass is 16.2. The molecule has 1 rings (SSSR count). The quantitative estimate of drug-likeness (QED) is 0.336. The Morgan fingerprint density at radius 1 is 1.59 bits per heavy atom. The van der Waals surface area contributed by atoms with Gasteiger partial charge in [0.25, 0.3) is 0 Å². The van der Waals surface area contributed by atoms with Crippen molar-refractivity contribution in [1.82, 2.24) is 9.80 Å². The number of likely N-dealkylation sites (N-methyl/N-ethyl adjacent to an activating group) is 1. The number of likely N-dealkylation sites (tertiary alicyclic amines) is 1. The Kier molecular flexibility index (Phi) is 4.74. The standard InChI is InChI=1S/C10H19N5O2/c1-14(9(17)4-13-10(11)12)5-8-2-3-15(6-8)7-16/h7-8H,2-6H2,1H3,(H4,11,12,13). The van der Waals surface area contributed by atoms with Crippen molar-refractivity contribution in [1.29, 1.82) is 0 Å². The molecule has 0 radical (unpaired) electrons. The number of rotatable bonds is 5. The van der Waals surface area contributed by atoms with E-state index in [1.54, 1.807) is 16.8 Å². The summed E-state index contributed by atoms with van der Waals surface area (Å²) in [4.78, 5) is 29.2. The lowest BCUT2D eigenvalue weighted by Gasteiger charge is -2.20. The van der Waals surface area contributed by atoms with Crippen molar-refractivity contribution in [2.75, 3.05) is 33.2 Å². The number of guanidine groups is 1. The molecule has 1 aliphatic heterocycles. The van der Waals surface area contributed by atoms with Gasteiger partial charge in [-0.25, -0.2) is 4.99 Å². The Balaban J connectivity index is 2.34. The molecule has 7 heteroatoms. The Morgan fingerprint density at radius 2 is 2.29 bits per heavy atom. The van der Waals surface area contributed by atoms with E-state index >= 15 is 0 Å². The Labute approximate surface area is 100 Å². The summed E-state index contributed by atoms with van der Waals surface area (Å²) in [6.07, 6.45) is 1.78. The molecule has 0 bridgehead atoms. The predicted molar refractivity (Wildman–Crippen MR) is 64.1 cm³/mol. The number of amides is 2. The van der Waals surface area contributed by atoms with E-state index < -0.39 is 0 Å². The third-order valence-corrected chi connectivity index (χ3v) is 2.82. The first-order valence-electron chi connectivity index (χ1n) is 5.51. The molecule has 0 spiro atoms. The zero-order chi connectivity index (χ0) is 12.8. The van der Waals surface area contributed by atoms with Crippen LogP contribution in [0.15, 0.2) is 4.99 Å². The summed E-state index contributed by atoms with van der Waals surface area (Å²) < 4.78 is 0. The van der Waals surface area contributed by atoms with Crippen LogP contribution in [-0.2, 0) is 9.59 Å². The van der Waals surface area contributed by atoms with E-state index in [1.165, 1.54) is 0 Å². The molecule has 0 aliphatic carbocycles. The molecule has 0 aromatic heterocycles. The van der Waals surface area contributed by atoms with Gasteiger partial charge in [0.15, 0.2) is 5.96 Å². The normalized spacial score (nSPS) is 18.9. The van der Waals surface area contributed by atoms with Gasteiger partial charge in [0.2, 0.25) is 12.3 Å². The second-order valence-corrected chi connectivity index (χ2v) is 4.27. The second-order valence-electron chi connectivity index (χ2n) is 4.27. The van der Waals surface area contributed by atoms with Crippen LogP contribution in [0.1, 0.15) is 6.42 Å². The van der Waals surface area contributed by atoms with E-state index in [2.05, 4.69) is 4.99 Å². The van der Waals surface area contributed by atoms with E-state index in [9.17, 15) is 9.59 Å². The van der Waals surface area contributed by atoms with Crippen LogP contribution in [0.3, 0.4) is 0 Å². The molecule has 1 atom stereocenters. The van der Waals surface area contributed by atoms with Gasteiger partial charge in [-0.3, -0.25) is 9.59 Å². The smallest absolute Gasteiger partial charge is 0.244 e. The van der Waals surface area contributed by atoms with Crippen LogP contribution >= 0.6 is 0 Å². The molecular formula is C10H19N5O2. The molecule has 96 valence electrons. The Morgan fingerprint density at radius 3 is 2.82 bits per heavy atom. The van der Waals surface area contributed by atoms with E-state index in [-0.39, 0.29) is 18.4 Å². The summed E-state index contributed by atoms with van der Waals surface area (Å²) in [7, 11) is 1.72. The monoisotopic (exact) mass is 241 g/mol. The minimum absolute atomic E-state index is 0.0249. The number of nitrogens with two attached hydrogens (primary N) is 2. The van der Waals surface area contributed by atoms with E-state index in [1.807, 2.05) is 0 Å². The minimum atomic E-state index is -0.122. The number of nitrogens with zero attached hydrogens (tertiary/aromatic N) is 3. The molecule has 0 aromatic carbocycles. The molecule has 1 fully saturated rings. The van der Waals surface area contributed by atoms with Crippen LogP contribution in [0.5, 0.6) is 0 Å². The fourth-order valence-corrected chi connectivity index (χ4v) is 1.88. The van der Waals surface area contributed by atoms with Crippen molar-refractivity contribution in [2.24, 2.45) is 22.4 Å². The summed E-state index contributed by atoms with van der Waals surface area (Å²) >= 11 is 0. The summed E-state index contributed by atoms with van der Waals surface area (Å²) in [5.74, 6) is 0.135. The molecule has 7 nitrogen and oxygen atoms in total. The van der Waals surface area contributed by atoms with Crippen LogP contribution < -0.4 is 11.5 Å². The van der Waals surface area contributed by atoms with Gasteiger partial charge in [-0.15, -0.1) is 0 Å². The van der Waals surface area contributed by atoms with Gasteiger partial charge in [-0.2, -0.15) is 0 Å². The lowest BCUT2D eigenvalue weighted by molar-refractivity contribution is -0.128. The van der Waals surface area contributed by atoms with Gasteiger partial charge in [-0.05, 0) is 12.3 Å². The summed E-state index contributed by atoms with van der Waals surface area (Å²) in [5, 5.41) is 0. The van der Waals surface area contributed by atoms with E-state index in [0.717, 1.165) is 19.4 Å². The predicted octanol–water partition coefficient (Wildman–Crippen LogP) is -1.80. The fourth-order valence-electron chi connectivity index (χ4n) is 1.88. The van der Waals surface area contributed by atoms with Crippen molar-refractivity contribution >= 4 is 18.3 Å². The molecule has 1 unspecified atom stereocenters. The van der Waals surface area contributed by atoms with E-state index in [4.69, 9.17) is 11.5 Å². The van der Waals surface area contributed by atoms with Gasteiger partial charge in [-0.1, -0.05) is 0 Å². The fraction of sp³-hybridized carbons (Fsp3) is 0.700.